The first-order chi connectivity index (χ1) is 9.11. The summed E-state index contributed by atoms with van der Waals surface area (Å²) >= 11 is 0. The van der Waals surface area contributed by atoms with Gasteiger partial charge in [-0.2, -0.15) is 0 Å². The number of anilines is 1. The number of aryl methyl sites for hydroxylation is 1. The van der Waals surface area contributed by atoms with Crippen molar-refractivity contribution in [1.82, 2.24) is 9.55 Å². The van der Waals surface area contributed by atoms with Crippen LogP contribution in [0.15, 0.2) is 30.6 Å². The quantitative estimate of drug-likeness (QED) is 0.901. The van der Waals surface area contributed by atoms with Crippen LogP contribution in [0.4, 0.5) is 10.3 Å². The maximum atomic E-state index is 13.6. The molecular weight excluding hydrogens is 245 g/mol. The molecular formula is C14H18FN3O. The number of benzene rings is 1. The topological polar surface area (TPSA) is 39.1 Å². The smallest absolute Gasteiger partial charge is 0.207 e. The number of hydrogen-bond donors (Lipinski definition) is 1. The Labute approximate surface area is 112 Å². The monoisotopic (exact) mass is 263 g/mol. The minimum atomic E-state index is -0.220. The molecule has 0 aliphatic heterocycles. The second-order valence-corrected chi connectivity index (χ2v) is 4.56. The number of nitrogens with one attached hydrogen (secondary N) is 1. The van der Waals surface area contributed by atoms with Crippen molar-refractivity contribution in [1.29, 1.82) is 0 Å². The van der Waals surface area contributed by atoms with Crippen molar-refractivity contribution in [2.45, 2.75) is 19.9 Å². The van der Waals surface area contributed by atoms with E-state index in [1.165, 1.54) is 6.07 Å². The van der Waals surface area contributed by atoms with E-state index in [4.69, 9.17) is 4.74 Å². The Balaban J connectivity index is 2.25. The molecule has 0 aliphatic carbocycles. The third-order valence-corrected chi connectivity index (χ3v) is 2.87. The van der Waals surface area contributed by atoms with Gasteiger partial charge >= 0.3 is 0 Å². The summed E-state index contributed by atoms with van der Waals surface area (Å²) in [5.74, 6) is 0.454. The molecule has 0 saturated heterocycles. The number of halogens is 1. The molecule has 19 heavy (non-hydrogen) atoms. The molecule has 0 radical (unpaired) electrons. The van der Waals surface area contributed by atoms with Gasteiger partial charge in [-0.3, -0.25) is 4.57 Å². The summed E-state index contributed by atoms with van der Waals surface area (Å²) in [4.78, 5) is 4.24. The van der Waals surface area contributed by atoms with E-state index in [1.807, 2.05) is 17.6 Å². The SMILES string of the molecule is COCC(C)Nc1nccn1-c1ccc(C)c(F)c1. The predicted octanol–water partition coefficient (Wildman–Crippen LogP) is 2.77. The van der Waals surface area contributed by atoms with E-state index >= 15 is 0 Å². The normalized spacial score (nSPS) is 12.4. The van der Waals surface area contributed by atoms with E-state index in [1.54, 1.807) is 32.5 Å². The fraction of sp³-hybridized carbons (Fsp3) is 0.357. The van der Waals surface area contributed by atoms with Crippen LogP contribution in [0, 0.1) is 12.7 Å². The van der Waals surface area contributed by atoms with E-state index in [0.29, 0.717) is 18.1 Å². The van der Waals surface area contributed by atoms with Gasteiger partial charge in [0.2, 0.25) is 5.95 Å². The van der Waals surface area contributed by atoms with Gasteiger partial charge in [0.05, 0.1) is 12.3 Å². The summed E-state index contributed by atoms with van der Waals surface area (Å²) in [7, 11) is 1.65. The Bertz CT molecular complexity index is 553. The molecule has 0 spiro atoms. The van der Waals surface area contributed by atoms with Crippen molar-refractivity contribution in [2.75, 3.05) is 19.0 Å². The summed E-state index contributed by atoms with van der Waals surface area (Å²) in [6.07, 6.45) is 3.48. The molecule has 1 heterocycles. The van der Waals surface area contributed by atoms with Crippen LogP contribution in [0.3, 0.4) is 0 Å². The number of hydrogen-bond acceptors (Lipinski definition) is 3. The lowest BCUT2D eigenvalue weighted by Crippen LogP contribution is -2.22. The fourth-order valence-corrected chi connectivity index (χ4v) is 1.86. The Morgan fingerprint density at radius 2 is 2.26 bits per heavy atom. The van der Waals surface area contributed by atoms with Crippen molar-refractivity contribution in [3.05, 3.63) is 42.0 Å². The van der Waals surface area contributed by atoms with Crippen LogP contribution in [-0.4, -0.2) is 29.3 Å². The highest BCUT2D eigenvalue weighted by Crippen LogP contribution is 2.18. The molecule has 1 aromatic carbocycles. The van der Waals surface area contributed by atoms with Crippen LogP contribution in [0.2, 0.25) is 0 Å². The van der Waals surface area contributed by atoms with Gasteiger partial charge in [-0.15, -0.1) is 0 Å². The van der Waals surface area contributed by atoms with Crippen molar-refractivity contribution in [2.24, 2.45) is 0 Å². The van der Waals surface area contributed by atoms with Gasteiger partial charge in [0, 0.05) is 25.5 Å². The molecule has 0 bridgehead atoms. The van der Waals surface area contributed by atoms with Gasteiger partial charge < -0.3 is 10.1 Å². The first-order valence-electron chi connectivity index (χ1n) is 6.17. The Morgan fingerprint density at radius 3 is 2.95 bits per heavy atom. The Morgan fingerprint density at radius 1 is 1.47 bits per heavy atom. The Kier molecular flexibility index (Phi) is 4.16. The Hall–Kier alpha value is -1.88. The third-order valence-electron chi connectivity index (χ3n) is 2.87. The van der Waals surface area contributed by atoms with Crippen molar-refractivity contribution in [3.63, 3.8) is 0 Å². The van der Waals surface area contributed by atoms with Crippen LogP contribution in [-0.2, 0) is 4.74 Å². The van der Waals surface area contributed by atoms with Gasteiger partial charge in [0.1, 0.15) is 5.82 Å². The van der Waals surface area contributed by atoms with Gasteiger partial charge in [0.15, 0.2) is 0 Å². The molecule has 0 aliphatic rings. The molecule has 1 unspecified atom stereocenters. The van der Waals surface area contributed by atoms with E-state index in [2.05, 4.69) is 10.3 Å². The van der Waals surface area contributed by atoms with E-state index in [0.717, 1.165) is 5.69 Å². The zero-order chi connectivity index (χ0) is 13.8. The molecule has 2 aromatic rings. The summed E-state index contributed by atoms with van der Waals surface area (Å²) in [6.45, 7) is 4.32. The van der Waals surface area contributed by atoms with E-state index < -0.39 is 0 Å². The minimum absolute atomic E-state index is 0.126. The first kappa shape index (κ1) is 13.5. The maximum Gasteiger partial charge on any atom is 0.207 e. The largest absolute Gasteiger partial charge is 0.383 e. The zero-order valence-corrected chi connectivity index (χ0v) is 11.4. The molecule has 4 nitrogen and oxygen atoms in total. The highest BCUT2D eigenvalue weighted by atomic mass is 19.1. The number of ether oxygens (including phenoxy) is 1. The van der Waals surface area contributed by atoms with Crippen LogP contribution >= 0.6 is 0 Å². The van der Waals surface area contributed by atoms with Crippen LogP contribution in [0.5, 0.6) is 0 Å². The van der Waals surface area contributed by atoms with Crippen molar-refractivity contribution < 1.29 is 9.13 Å². The zero-order valence-electron chi connectivity index (χ0n) is 11.4. The van der Waals surface area contributed by atoms with Crippen LogP contribution < -0.4 is 5.32 Å². The predicted molar refractivity (Wildman–Crippen MR) is 73.2 cm³/mol. The molecule has 1 aromatic heterocycles. The summed E-state index contributed by atoms with van der Waals surface area (Å²) in [5, 5.41) is 3.23. The van der Waals surface area contributed by atoms with Gasteiger partial charge in [-0.05, 0) is 31.5 Å². The summed E-state index contributed by atoms with van der Waals surface area (Å²) in [5.41, 5.74) is 1.37. The lowest BCUT2D eigenvalue weighted by atomic mass is 10.2. The summed E-state index contributed by atoms with van der Waals surface area (Å²) in [6, 6.07) is 5.25. The standard InChI is InChI=1S/C14H18FN3O/c1-10-4-5-12(8-13(10)15)18-7-6-16-14(18)17-11(2)9-19-3/h4-8,11H,9H2,1-3H3,(H,16,17). The lowest BCUT2D eigenvalue weighted by Gasteiger charge is -2.15. The van der Waals surface area contributed by atoms with Crippen LogP contribution in [0.25, 0.3) is 5.69 Å². The second kappa shape index (κ2) is 5.84. The number of rotatable bonds is 5. The number of nitrogens with zero attached hydrogens (tertiary/aromatic N) is 2. The van der Waals surface area contributed by atoms with E-state index in [-0.39, 0.29) is 11.9 Å². The number of aromatic nitrogens is 2. The first-order valence-corrected chi connectivity index (χ1v) is 6.17. The maximum absolute atomic E-state index is 13.6. The van der Waals surface area contributed by atoms with Crippen molar-refractivity contribution in [3.8, 4) is 5.69 Å². The molecule has 0 amide bonds. The molecule has 5 heteroatoms. The van der Waals surface area contributed by atoms with Gasteiger partial charge in [0.25, 0.3) is 0 Å². The average Bonchev–Trinajstić information content (AvgIpc) is 2.81. The molecule has 0 saturated carbocycles. The molecule has 102 valence electrons. The lowest BCUT2D eigenvalue weighted by molar-refractivity contribution is 0.190. The van der Waals surface area contributed by atoms with E-state index in [9.17, 15) is 4.39 Å². The molecule has 2 rings (SSSR count). The third kappa shape index (κ3) is 3.12. The number of methoxy groups -OCH3 is 1. The average molecular weight is 263 g/mol. The highest BCUT2D eigenvalue weighted by molar-refractivity contribution is 5.43. The van der Waals surface area contributed by atoms with Crippen molar-refractivity contribution >= 4 is 5.95 Å². The summed E-state index contributed by atoms with van der Waals surface area (Å²) < 4.78 is 20.5. The van der Waals surface area contributed by atoms with Crippen LogP contribution in [0.1, 0.15) is 12.5 Å². The fourth-order valence-electron chi connectivity index (χ4n) is 1.86. The second-order valence-electron chi connectivity index (χ2n) is 4.56. The molecule has 0 fully saturated rings. The number of imidazole rings is 1. The minimum Gasteiger partial charge on any atom is -0.383 e. The highest BCUT2D eigenvalue weighted by Gasteiger charge is 2.09. The molecule has 1 atom stereocenters. The van der Waals surface area contributed by atoms with Gasteiger partial charge in [-0.25, -0.2) is 9.37 Å². The molecule has 1 N–H and O–H groups in total. The van der Waals surface area contributed by atoms with Gasteiger partial charge in [-0.1, -0.05) is 6.07 Å².